The van der Waals surface area contributed by atoms with Gasteiger partial charge in [-0.05, 0) is 76.2 Å². The van der Waals surface area contributed by atoms with E-state index in [4.69, 9.17) is 4.74 Å². The number of nitrogens with zero attached hydrogens (tertiary/aromatic N) is 1. The number of thiophene rings is 1. The number of hydrogen-bond donors (Lipinski definition) is 1. The van der Waals surface area contributed by atoms with E-state index in [2.05, 4.69) is 6.92 Å². The molecule has 0 spiro atoms. The molecule has 1 aromatic rings. The summed E-state index contributed by atoms with van der Waals surface area (Å²) in [5.41, 5.74) is 0.154. The fraction of sp³-hybridized carbons (Fsp3) is 0.731. The smallest absolute Gasteiger partial charge is 0.350 e. The topological polar surface area (TPSA) is 83.9 Å². The summed E-state index contributed by atoms with van der Waals surface area (Å²) in [5, 5.41) is 10.1. The summed E-state index contributed by atoms with van der Waals surface area (Å²) in [6.45, 7) is 4.22. The van der Waals surface area contributed by atoms with E-state index in [-0.39, 0.29) is 35.2 Å². The van der Waals surface area contributed by atoms with Crippen molar-refractivity contribution in [2.24, 2.45) is 17.3 Å². The van der Waals surface area contributed by atoms with Crippen LogP contribution in [0.1, 0.15) is 104 Å². The first-order valence-corrected chi connectivity index (χ1v) is 13.3. The molecule has 7 heteroatoms. The van der Waals surface area contributed by atoms with Crippen molar-refractivity contribution >= 4 is 34.7 Å². The second kappa shape index (κ2) is 9.87. The van der Waals surface area contributed by atoms with E-state index in [0.717, 1.165) is 44.9 Å². The summed E-state index contributed by atoms with van der Waals surface area (Å²) in [4.78, 5) is 42.7. The third kappa shape index (κ3) is 4.90. The van der Waals surface area contributed by atoms with Crippen molar-refractivity contribution in [3.05, 3.63) is 15.8 Å². The Balaban J connectivity index is 1.72. The summed E-state index contributed by atoms with van der Waals surface area (Å²) in [6, 6.07) is 1.69. The van der Waals surface area contributed by atoms with Crippen LogP contribution in [-0.2, 0) is 9.53 Å². The Bertz CT molecular complexity index is 888. The molecular formula is C26H37NO5S. The Hall–Kier alpha value is -1.73. The number of carbonyl (C=O) groups is 3. The zero-order valence-electron chi connectivity index (χ0n) is 20.1. The summed E-state index contributed by atoms with van der Waals surface area (Å²) in [6.07, 6.45) is 8.83. The van der Waals surface area contributed by atoms with Crippen LogP contribution in [0.2, 0.25) is 0 Å². The average Bonchev–Trinajstić information content (AvgIpc) is 3.23. The summed E-state index contributed by atoms with van der Waals surface area (Å²) >= 11 is 1.17. The zero-order chi connectivity index (χ0) is 23.8. The molecule has 6 nitrogen and oxygen atoms in total. The molecule has 1 amide bonds. The normalized spacial score (nSPS) is 29.1. The van der Waals surface area contributed by atoms with Gasteiger partial charge >= 0.3 is 5.97 Å². The first-order chi connectivity index (χ1) is 15.7. The van der Waals surface area contributed by atoms with Crippen LogP contribution in [0.4, 0.5) is 5.69 Å². The van der Waals surface area contributed by atoms with Gasteiger partial charge in [0.1, 0.15) is 4.88 Å². The molecule has 1 N–H and O–H groups in total. The van der Waals surface area contributed by atoms with Gasteiger partial charge in [-0.1, -0.05) is 20.3 Å². The van der Waals surface area contributed by atoms with Crippen LogP contribution in [0.25, 0.3) is 0 Å². The van der Waals surface area contributed by atoms with E-state index in [1.54, 1.807) is 6.07 Å². The number of amides is 1. The van der Waals surface area contributed by atoms with E-state index in [9.17, 15) is 19.5 Å². The molecule has 0 radical (unpaired) electrons. The van der Waals surface area contributed by atoms with Gasteiger partial charge in [0, 0.05) is 17.4 Å². The minimum atomic E-state index is -0.501. The van der Waals surface area contributed by atoms with Crippen LogP contribution < -0.4 is 4.90 Å². The molecule has 3 aliphatic carbocycles. The van der Waals surface area contributed by atoms with Gasteiger partial charge in [0.25, 0.3) is 0 Å². The van der Waals surface area contributed by atoms with Crippen molar-refractivity contribution < 1.29 is 24.2 Å². The van der Waals surface area contributed by atoms with E-state index >= 15 is 0 Å². The summed E-state index contributed by atoms with van der Waals surface area (Å²) in [5.74, 6) is 0.181. The number of hydrogen-bond acceptors (Lipinski definition) is 6. The van der Waals surface area contributed by atoms with Crippen LogP contribution in [0.15, 0.2) is 6.07 Å². The Morgan fingerprint density at radius 2 is 1.70 bits per heavy atom. The van der Waals surface area contributed by atoms with Crippen molar-refractivity contribution in [2.75, 3.05) is 12.0 Å². The lowest BCUT2D eigenvalue weighted by molar-refractivity contribution is -0.124. The van der Waals surface area contributed by atoms with Gasteiger partial charge in [-0.3, -0.25) is 9.59 Å². The molecule has 4 rings (SSSR count). The number of carbonyl (C=O) groups excluding carboxylic acids is 3. The highest BCUT2D eigenvalue weighted by atomic mass is 32.1. The average molecular weight is 476 g/mol. The number of ether oxygens (including phenoxy) is 1. The summed E-state index contributed by atoms with van der Waals surface area (Å²) in [7, 11) is 1.34. The first-order valence-electron chi connectivity index (χ1n) is 12.5. The Morgan fingerprint density at radius 3 is 2.24 bits per heavy atom. The minimum Gasteiger partial charge on any atom is -0.465 e. The Labute approximate surface area is 200 Å². The largest absolute Gasteiger partial charge is 0.465 e. The molecule has 0 aromatic carbocycles. The van der Waals surface area contributed by atoms with Crippen molar-refractivity contribution in [3.8, 4) is 0 Å². The molecule has 0 unspecified atom stereocenters. The van der Waals surface area contributed by atoms with Gasteiger partial charge in [-0.15, -0.1) is 11.3 Å². The molecule has 3 aliphatic rings. The molecule has 3 fully saturated rings. The first kappa shape index (κ1) is 24.4. The molecule has 1 heterocycles. The van der Waals surface area contributed by atoms with Gasteiger partial charge in [-0.2, -0.15) is 0 Å². The van der Waals surface area contributed by atoms with Crippen molar-refractivity contribution in [3.63, 3.8) is 0 Å². The minimum absolute atomic E-state index is 0.0556. The molecule has 182 valence electrons. The van der Waals surface area contributed by atoms with Crippen molar-refractivity contribution in [2.45, 2.75) is 96.6 Å². The molecule has 3 saturated carbocycles. The number of rotatable bonds is 6. The highest BCUT2D eigenvalue weighted by Crippen LogP contribution is 2.46. The van der Waals surface area contributed by atoms with Crippen LogP contribution >= 0.6 is 11.3 Å². The van der Waals surface area contributed by atoms with Gasteiger partial charge in [0.05, 0.1) is 23.8 Å². The predicted molar refractivity (Wildman–Crippen MR) is 129 cm³/mol. The number of methoxy groups -OCH3 is 1. The molecule has 0 saturated heterocycles. The number of esters is 1. The quantitative estimate of drug-likeness (QED) is 0.442. The molecular weight excluding hydrogens is 438 g/mol. The third-order valence-electron chi connectivity index (χ3n) is 8.21. The second-order valence-corrected chi connectivity index (χ2v) is 11.7. The molecule has 0 aliphatic heterocycles. The second-order valence-electron chi connectivity index (χ2n) is 10.7. The fourth-order valence-corrected chi connectivity index (χ4v) is 6.82. The van der Waals surface area contributed by atoms with E-state index in [0.29, 0.717) is 47.0 Å². The SMILES string of the molecule is COC(=O)c1sc(C(=O)C2(C)CCC2)cc1N(C(=O)C1CCC(C)CC1)C1CCC(O)CC1. The third-order valence-corrected chi connectivity index (χ3v) is 9.31. The highest BCUT2D eigenvalue weighted by molar-refractivity contribution is 7.16. The van der Waals surface area contributed by atoms with Gasteiger partial charge in [0.2, 0.25) is 5.91 Å². The maximum absolute atomic E-state index is 13.9. The molecule has 0 bridgehead atoms. The number of anilines is 1. The number of aliphatic hydroxyl groups is 1. The van der Waals surface area contributed by atoms with E-state index in [1.807, 2.05) is 11.8 Å². The predicted octanol–water partition coefficient (Wildman–Crippen LogP) is 5.37. The van der Waals surface area contributed by atoms with Gasteiger partial charge in [-0.25, -0.2) is 4.79 Å². The maximum Gasteiger partial charge on any atom is 0.350 e. The van der Waals surface area contributed by atoms with Crippen molar-refractivity contribution in [1.29, 1.82) is 0 Å². The number of Topliss-reactive ketones (excluding diaryl/α,β-unsaturated/α-hetero) is 1. The van der Waals surface area contributed by atoms with Crippen LogP contribution in [-0.4, -0.2) is 42.0 Å². The molecule has 1 aromatic heterocycles. The lowest BCUT2D eigenvalue weighted by Crippen LogP contribution is -2.47. The fourth-order valence-electron chi connectivity index (χ4n) is 5.66. The Kier molecular flexibility index (Phi) is 7.29. The van der Waals surface area contributed by atoms with E-state index in [1.165, 1.54) is 18.4 Å². The highest BCUT2D eigenvalue weighted by Gasteiger charge is 2.42. The number of aliphatic hydroxyl groups excluding tert-OH is 1. The lowest BCUT2D eigenvalue weighted by atomic mass is 9.67. The standard InChI is InChI=1S/C26H37NO5S/c1-16-5-7-17(8-6-16)24(30)27(18-9-11-19(28)12-10-18)20-15-21(33-22(20)25(31)32-3)23(29)26(2)13-4-14-26/h15-19,28H,4-14H2,1-3H3. The number of ketones is 1. The molecule has 33 heavy (non-hydrogen) atoms. The molecule has 0 atom stereocenters. The van der Waals surface area contributed by atoms with Crippen molar-refractivity contribution in [1.82, 2.24) is 0 Å². The monoisotopic (exact) mass is 475 g/mol. The van der Waals surface area contributed by atoms with Gasteiger partial charge in [0.15, 0.2) is 5.78 Å². The Morgan fingerprint density at radius 1 is 1.06 bits per heavy atom. The maximum atomic E-state index is 13.9. The van der Waals surface area contributed by atoms with Crippen LogP contribution in [0.5, 0.6) is 0 Å². The lowest BCUT2D eigenvalue weighted by Gasteiger charge is -2.39. The van der Waals surface area contributed by atoms with Crippen LogP contribution in [0, 0.1) is 17.3 Å². The van der Waals surface area contributed by atoms with Crippen LogP contribution in [0.3, 0.4) is 0 Å². The summed E-state index contributed by atoms with van der Waals surface area (Å²) < 4.78 is 5.07. The van der Waals surface area contributed by atoms with Gasteiger partial charge < -0.3 is 14.7 Å². The van der Waals surface area contributed by atoms with E-state index < -0.39 is 5.97 Å². The zero-order valence-corrected chi connectivity index (χ0v) is 20.9.